The van der Waals surface area contributed by atoms with Crippen LogP contribution in [-0.4, -0.2) is 53.0 Å². The lowest BCUT2D eigenvalue weighted by molar-refractivity contribution is -0.139. The topological polar surface area (TPSA) is 116 Å². The summed E-state index contributed by atoms with van der Waals surface area (Å²) in [6.07, 6.45) is 1.78. The minimum atomic E-state index is -1.13. The smallest absolute Gasteiger partial charge is 0.326 e. The Morgan fingerprint density at radius 3 is 2.42 bits per heavy atom. The van der Waals surface area contributed by atoms with Gasteiger partial charge in [-0.2, -0.15) is 0 Å². The van der Waals surface area contributed by atoms with Crippen LogP contribution in [0.4, 0.5) is 4.79 Å². The molecule has 0 radical (unpaired) electrons. The van der Waals surface area contributed by atoms with Gasteiger partial charge in [-0.25, -0.2) is 9.59 Å². The Morgan fingerprint density at radius 2 is 1.95 bits per heavy atom. The minimum Gasteiger partial charge on any atom is -0.480 e. The molecule has 1 aliphatic rings. The van der Waals surface area contributed by atoms with E-state index in [0.717, 1.165) is 11.3 Å². The Balaban J connectivity index is 2.58. The Hall–Kier alpha value is -2.12. The van der Waals surface area contributed by atoms with Gasteiger partial charge in [-0.15, -0.1) is 0 Å². The summed E-state index contributed by atoms with van der Waals surface area (Å²) < 4.78 is 0. The standard InChI is InChI=1S/C11H17N3O5/c1-2-3-4-7(10(17)18)12-11(19)14-5-8(15)13-9(16)6-14/h7H,2-6H2,1H3,(H,12,19)(H,17,18)(H,13,15,16). The van der Waals surface area contributed by atoms with E-state index in [2.05, 4.69) is 10.6 Å². The van der Waals surface area contributed by atoms with Gasteiger partial charge in [0.25, 0.3) is 0 Å². The van der Waals surface area contributed by atoms with Crippen molar-refractivity contribution in [3.05, 3.63) is 0 Å². The summed E-state index contributed by atoms with van der Waals surface area (Å²) in [5.41, 5.74) is 0. The number of carboxylic acid groups (broad SMARTS) is 1. The summed E-state index contributed by atoms with van der Waals surface area (Å²) >= 11 is 0. The number of imide groups is 1. The van der Waals surface area contributed by atoms with Crippen molar-refractivity contribution in [3.63, 3.8) is 0 Å². The maximum atomic E-state index is 11.8. The third-order valence-corrected chi connectivity index (χ3v) is 2.68. The zero-order valence-electron chi connectivity index (χ0n) is 10.6. The third kappa shape index (κ3) is 4.57. The molecule has 0 saturated carbocycles. The van der Waals surface area contributed by atoms with E-state index in [1.807, 2.05) is 6.92 Å². The van der Waals surface area contributed by atoms with Gasteiger partial charge in [0.2, 0.25) is 11.8 Å². The molecule has 0 aromatic rings. The lowest BCUT2D eigenvalue weighted by Gasteiger charge is -2.27. The molecule has 3 N–H and O–H groups in total. The van der Waals surface area contributed by atoms with Crippen molar-refractivity contribution in [1.29, 1.82) is 0 Å². The number of urea groups is 1. The molecule has 1 rings (SSSR count). The van der Waals surface area contributed by atoms with Gasteiger partial charge in [0.05, 0.1) is 0 Å². The number of piperazine rings is 1. The number of carbonyl (C=O) groups is 4. The van der Waals surface area contributed by atoms with Crippen LogP contribution < -0.4 is 10.6 Å². The maximum Gasteiger partial charge on any atom is 0.326 e. The Labute approximate surface area is 110 Å². The van der Waals surface area contributed by atoms with Crippen LogP contribution in [-0.2, 0) is 14.4 Å². The van der Waals surface area contributed by atoms with E-state index in [0.29, 0.717) is 12.8 Å². The lowest BCUT2D eigenvalue weighted by Crippen LogP contribution is -2.57. The summed E-state index contributed by atoms with van der Waals surface area (Å²) in [4.78, 5) is 46.0. The van der Waals surface area contributed by atoms with Gasteiger partial charge in [-0.3, -0.25) is 14.9 Å². The molecular weight excluding hydrogens is 254 g/mol. The first-order valence-corrected chi connectivity index (χ1v) is 6.05. The SMILES string of the molecule is CCCCC(NC(=O)N1CC(=O)NC(=O)C1)C(=O)O. The summed E-state index contributed by atoms with van der Waals surface area (Å²) in [6.45, 7) is 1.41. The van der Waals surface area contributed by atoms with Crippen molar-refractivity contribution >= 4 is 23.8 Å². The fourth-order valence-electron chi connectivity index (χ4n) is 1.69. The molecule has 1 atom stereocenters. The number of nitrogens with one attached hydrogen (secondary N) is 2. The zero-order valence-corrected chi connectivity index (χ0v) is 10.6. The predicted molar refractivity (Wildman–Crippen MR) is 64.2 cm³/mol. The van der Waals surface area contributed by atoms with Crippen LogP contribution in [0, 0.1) is 0 Å². The predicted octanol–water partition coefficient (Wildman–Crippen LogP) is -0.702. The fourth-order valence-corrected chi connectivity index (χ4v) is 1.69. The first-order valence-electron chi connectivity index (χ1n) is 6.05. The van der Waals surface area contributed by atoms with Gasteiger partial charge in [-0.1, -0.05) is 19.8 Å². The Bertz CT molecular complexity index is 380. The normalized spacial score (nSPS) is 16.8. The van der Waals surface area contributed by atoms with Gasteiger partial charge in [0, 0.05) is 0 Å². The van der Waals surface area contributed by atoms with Crippen LogP contribution >= 0.6 is 0 Å². The minimum absolute atomic E-state index is 0.252. The van der Waals surface area contributed by atoms with E-state index < -0.39 is 29.9 Å². The zero-order chi connectivity index (χ0) is 14.4. The molecule has 0 bridgehead atoms. The molecule has 1 heterocycles. The highest BCUT2D eigenvalue weighted by Gasteiger charge is 2.29. The van der Waals surface area contributed by atoms with Crippen LogP contribution in [0.1, 0.15) is 26.2 Å². The van der Waals surface area contributed by atoms with E-state index in [9.17, 15) is 19.2 Å². The Morgan fingerprint density at radius 1 is 1.37 bits per heavy atom. The summed E-state index contributed by atoms with van der Waals surface area (Å²) in [6, 6.07) is -1.72. The molecule has 8 nitrogen and oxygen atoms in total. The lowest BCUT2D eigenvalue weighted by atomic mass is 10.1. The van der Waals surface area contributed by atoms with E-state index in [1.54, 1.807) is 0 Å². The second kappa shape index (κ2) is 6.72. The van der Waals surface area contributed by atoms with Crippen LogP contribution in [0.25, 0.3) is 0 Å². The number of hydrogen-bond donors (Lipinski definition) is 3. The number of nitrogens with zero attached hydrogens (tertiary/aromatic N) is 1. The molecule has 8 heteroatoms. The first kappa shape index (κ1) is 14.9. The first-order chi connectivity index (χ1) is 8.93. The molecule has 0 spiro atoms. The van der Waals surface area contributed by atoms with Crippen molar-refractivity contribution < 1.29 is 24.3 Å². The number of unbranched alkanes of at least 4 members (excludes halogenated alkanes) is 1. The Kier molecular flexibility index (Phi) is 5.28. The number of carbonyl (C=O) groups excluding carboxylic acids is 3. The van der Waals surface area contributed by atoms with Crippen LogP contribution in [0.15, 0.2) is 0 Å². The molecule has 1 unspecified atom stereocenters. The highest BCUT2D eigenvalue weighted by Crippen LogP contribution is 2.03. The molecule has 19 heavy (non-hydrogen) atoms. The van der Waals surface area contributed by atoms with Gasteiger partial charge in [-0.05, 0) is 6.42 Å². The number of aliphatic carboxylic acids is 1. The largest absolute Gasteiger partial charge is 0.480 e. The van der Waals surface area contributed by atoms with Crippen LogP contribution in [0.3, 0.4) is 0 Å². The van der Waals surface area contributed by atoms with Crippen LogP contribution in [0.2, 0.25) is 0 Å². The maximum absolute atomic E-state index is 11.8. The van der Waals surface area contributed by atoms with Crippen molar-refractivity contribution in [1.82, 2.24) is 15.5 Å². The van der Waals surface area contributed by atoms with Crippen molar-refractivity contribution in [2.45, 2.75) is 32.2 Å². The van der Waals surface area contributed by atoms with Crippen molar-refractivity contribution in [2.24, 2.45) is 0 Å². The molecular formula is C11H17N3O5. The van der Waals surface area contributed by atoms with E-state index in [4.69, 9.17) is 5.11 Å². The van der Waals surface area contributed by atoms with Gasteiger partial charge in [0.15, 0.2) is 0 Å². The number of hydrogen-bond acceptors (Lipinski definition) is 4. The number of rotatable bonds is 5. The average Bonchev–Trinajstić information content (AvgIpc) is 2.32. The molecule has 1 fully saturated rings. The van der Waals surface area contributed by atoms with E-state index in [1.165, 1.54) is 0 Å². The molecule has 0 aliphatic carbocycles. The van der Waals surface area contributed by atoms with Crippen molar-refractivity contribution in [2.75, 3.05) is 13.1 Å². The van der Waals surface area contributed by atoms with Crippen molar-refractivity contribution in [3.8, 4) is 0 Å². The second-order valence-corrected chi connectivity index (χ2v) is 4.31. The molecule has 0 aromatic heterocycles. The third-order valence-electron chi connectivity index (χ3n) is 2.68. The summed E-state index contributed by atoms with van der Waals surface area (Å²) in [5, 5.41) is 13.3. The molecule has 0 aromatic carbocycles. The molecule has 1 saturated heterocycles. The second-order valence-electron chi connectivity index (χ2n) is 4.31. The van der Waals surface area contributed by atoms with E-state index >= 15 is 0 Å². The van der Waals surface area contributed by atoms with Gasteiger partial charge < -0.3 is 15.3 Å². The fraction of sp³-hybridized carbons (Fsp3) is 0.636. The highest BCUT2D eigenvalue weighted by atomic mass is 16.4. The highest BCUT2D eigenvalue weighted by molar-refractivity contribution is 6.02. The monoisotopic (exact) mass is 271 g/mol. The summed E-state index contributed by atoms with van der Waals surface area (Å²) in [7, 11) is 0. The van der Waals surface area contributed by atoms with Gasteiger partial charge >= 0.3 is 12.0 Å². The van der Waals surface area contributed by atoms with Gasteiger partial charge in [0.1, 0.15) is 19.1 Å². The number of amides is 4. The number of carboxylic acids is 1. The molecule has 106 valence electrons. The molecule has 4 amide bonds. The average molecular weight is 271 g/mol. The molecule has 1 aliphatic heterocycles. The van der Waals surface area contributed by atoms with E-state index in [-0.39, 0.29) is 13.1 Å². The summed E-state index contributed by atoms with van der Waals surface area (Å²) in [5.74, 6) is -2.28. The quantitative estimate of drug-likeness (QED) is 0.572. The van der Waals surface area contributed by atoms with Crippen LogP contribution in [0.5, 0.6) is 0 Å².